The Morgan fingerprint density at radius 3 is 2.45 bits per heavy atom. The molecule has 0 fully saturated rings. The molecule has 0 spiro atoms. The molecule has 1 aromatic carbocycles. The summed E-state index contributed by atoms with van der Waals surface area (Å²) >= 11 is 0. The Kier molecular flexibility index (Phi) is 4.95. The van der Waals surface area contributed by atoms with Crippen LogP contribution in [0.2, 0.25) is 0 Å². The highest BCUT2D eigenvalue weighted by Gasteiger charge is 2.25. The van der Waals surface area contributed by atoms with E-state index < -0.39 is 27.1 Å². The number of carbonyl (C=O) groups excluding carboxylic acids is 1. The molecule has 1 amide bonds. The fourth-order valence-corrected chi connectivity index (χ4v) is 1.54. The van der Waals surface area contributed by atoms with Crippen LogP contribution in [-0.2, 0) is 0 Å². The lowest BCUT2D eigenvalue weighted by atomic mass is 10.1. The molecule has 0 radical (unpaired) electrons. The molecule has 0 aliphatic heterocycles. The first-order valence-electron chi connectivity index (χ1n) is 5.89. The Morgan fingerprint density at radius 2 is 1.95 bits per heavy atom. The molecule has 0 unspecified atom stereocenters. The Labute approximate surface area is 114 Å². The number of nitrogens with two attached hydrogens (primary N) is 1. The average Bonchev–Trinajstić information content (AvgIpc) is 2.38. The number of hydrogen-bond acceptors (Lipinski definition) is 6. The van der Waals surface area contributed by atoms with Crippen molar-refractivity contribution in [1.29, 1.82) is 0 Å². The monoisotopic (exact) mass is 282 g/mol. The van der Waals surface area contributed by atoms with E-state index in [2.05, 4.69) is 5.32 Å². The quantitative estimate of drug-likeness (QED) is 0.351. The highest BCUT2D eigenvalue weighted by molar-refractivity contribution is 6.01. The maximum Gasteiger partial charge on any atom is 0.299 e. The number of nitrogen functional groups attached to an aromatic ring is 1. The van der Waals surface area contributed by atoms with Crippen LogP contribution in [0, 0.1) is 20.2 Å². The number of carbonyl (C=O) groups is 1. The van der Waals surface area contributed by atoms with Crippen molar-refractivity contribution in [2.45, 2.75) is 19.8 Å². The number of non-ortho nitro benzene ring substituents is 1. The van der Waals surface area contributed by atoms with E-state index >= 15 is 0 Å². The standard InChI is InChI=1S/C11H14N4O5/c1-2-3-4-13-11(16)8-5-7(14(17)18)6-9(10(8)12)15(19)20/h5-6H,2-4,12H2,1H3,(H,13,16). The lowest BCUT2D eigenvalue weighted by molar-refractivity contribution is -0.393. The van der Waals surface area contributed by atoms with Gasteiger partial charge in [0.05, 0.1) is 21.5 Å². The molecule has 0 atom stereocenters. The predicted molar refractivity (Wildman–Crippen MR) is 71.4 cm³/mol. The highest BCUT2D eigenvalue weighted by Crippen LogP contribution is 2.30. The number of benzene rings is 1. The summed E-state index contributed by atoms with van der Waals surface area (Å²) < 4.78 is 0. The number of nitro benzene ring substituents is 2. The van der Waals surface area contributed by atoms with E-state index in [1.807, 2.05) is 6.92 Å². The summed E-state index contributed by atoms with van der Waals surface area (Å²) in [6.07, 6.45) is 1.58. The van der Waals surface area contributed by atoms with Crippen molar-refractivity contribution >= 4 is 23.0 Å². The van der Waals surface area contributed by atoms with Crippen molar-refractivity contribution in [3.63, 3.8) is 0 Å². The van der Waals surface area contributed by atoms with Crippen LogP contribution >= 0.6 is 0 Å². The smallest absolute Gasteiger partial charge is 0.299 e. The first-order valence-corrected chi connectivity index (χ1v) is 5.89. The van der Waals surface area contributed by atoms with Gasteiger partial charge in [-0.25, -0.2) is 0 Å². The van der Waals surface area contributed by atoms with Crippen LogP contribution in [0.5, 0.6) is 0 Å². The van der Waals surface area contributed by atoms with Crippen LogP contribution in [0.3, 0.4) is 0 Å². The van der Waals surface area contributed by atoms with Crippen LogP contribution in [0.15, 0.2) is 12.1 Å². The second kappa shape index (κ2) is 6.45. The van der Waals surface area contributed by atoms with Gasteiger partial charge < -0.3 is 11.1 Å². The van der Waals surface area contributed by atoms with Gasteiger partial charge in [-0.1, -0.05) is 13.3 Å². The molecule has 0 saturated heterocycles. The average molecular weight is 282 g/mol. The van der Waals surface area contributed by atoms with E-state index in [-0.39, 0.29) is 11.3 Å². The summed E-state index contributed by atoms with van der Waals surface area (Å²) in [5.41, 5.74) is 3.69. The van der Waals surface area contributed by atoms with Gasteiger partial charge in [-0.15, -0.1) is 0 Å². The van der Waals surface area contributed by atoms with E-state index in [4.69, 9.17) is 5.73 Å². The Hall–Kier alpha value is -2.71. The van der Waals surface area contributed by atoms with Gasteiger partial charge in [-0.2, -0.15) is 0 Å². The summed E-state index contributed by atoms with van der Waals surface area (Å²) in [6, 6.07) is 1.67. The second-order valence-corrected chi connectivity index (χ2v) is 4.05. The Bertz CT molecular complexity index is 558. The number of amides is 1. The van der Waals surface area contributed by atoms with Gasteiger partial charge in [0.25, 0.3) is 17.3 Å². The maximum atomic E-state index is 11.9. The first kappa shape index (κ1) is 15.3. The zero-order chi connectivity index (χ0) is 15.3. The molecule has 0 saturated carbocycles. The minimum atomic E-state index is -0.856. The summed E-state index contributed by atoms with van der Waals surface area (Å²) in [6.45, 7) is 2.30. The molecule has 9 heteroatoms. The van der Waals surface area contributed by atoms with Gasteiger partial charge >= 0.3 is 0 Å². The lowest BCUT2D eigenvalue weighted by Gasteiger charge is -2.07. The summed E-state index contributed by atoms with van der Waals surface area (Å²) in [5.74, 6) is -0.664. The Balaban J connectivity index is 3.20. The van der Waals surface area contributed by atoms with Crippen molar-refractivity contribution in [3.05, 3.63) is 37.9 Å². The molecular weight excluding hydrogens is 268 g/mol. The molecule has 9 nitrogen and oxygen atoms in total. The molecule has 1 aromatic rings. The van der Waals surface area contributed by atoms with Crippen molar-refractivity contribution < 1.29 is 14.6 Å². The van der Waals surface area contributed by atoms with Crippen molar-refractivity contribution in [2.75, 3.05) is 12.3 Å². The molecule has 0 bridgehead atoms. The third-order valence-corrected chi connectivity index (χ3v) is 2.61. The molecule has 0 heterocycles. The second-order valence-electron chi connectivity index (χ2n) is 4.05. The summed E-state index contributed by atoms with van der Waals surface area (Å²) in [5, 5.41) is 24.0. The topological polar surface area (TPSA) is 141 Å². The minimum absolute atomic E-state index is 0.262. The summed E-state index contributed by atoms with van der Waals surface area (Å²) in [4.78, 5) is 31.7. The molecule has 108 valence electrons. The number of nitrogens with zero attached hydrogens (tertiary/aromatic N) is 2. The van der Waals surface area contributed by atoms with E-state index in [9.17, 15) is 25.0 Å². The lowest BCUT2D eigenvalue weighted by Crippen LogP contribution is -2.25. The van der Waals surface area contributed by atoms with Crippen molar-refractivity contribution in [1.82, 2.24) is 5.32 Å². The van der Waals surface area contributed by atoms with Crippen LogP contribution in [0.25, 0.3) is 0 Å². The van der Waals surface area contributed by atoms with E-state index in [0.717, 1.165) is 25.0 Å². The van der Waals surface area contributed by atoms with Gasteiger partial charge in [0, 0.05) is 12.6 Å². The van der Waals surface area contributed by atoms with Crippen LogP contribution in [0.4, 0.5) is 17.1 Å². The zero-order valence-electron chi connectivity index (χ0n) is 10.8. The molecule has 0 aromatic heterocycles. The molecule has 0 aliphatic carbocycles. The van der Waals surface area contributed by atoms with E-state index in [0.29, 0.717) is 6.54 Å². The fraction of sp³-hybridized carbons (Fsp3) is 0.364. The van der Waals surface area contributed by atoms with Crippen LogP contribution in [0.1, 0.15) is 30.1 Å². The number of anilines is 1. The number of unbranched alkanes of at least 4 members (excludes halogenated alkanes) is 1. The zero-order valence-corrected chi connectivity index (χ0v) is 10.8. The van der Waals surface area contributed by atoms with Gasteiger partial charge in [-0.05, 0) is 6.42 Å². The molecule has 0 aliphatic rings. The molecule has 1 rings (SSSR count). The van der Waals surface area contributed by atoms with Gasteiger partial charge in [-0.3, -0.25) is 25.0 Å². The summed E-state index contributed by atoms with van der Waals surface area (Å²) in [7, 11) is 0. The normalized spacial score (nSPS) is 10.1. The third-order valence-electron chi connectivity index (χ3n) is 2.61. The van der Waals surface area contributed by atoms with Gasteiger partial charge in [0.15, 0.2) is 0 Å². The highest BCUT2D eigenvalue weighted by atomic mass is 16.6. The van der Waals surface area contributed by atoms with Crippen molar-refractivity contribution in [3.8, 4) is 0 Å². The number of nitro groups is 2. The van der Waals surface area contributed by atoms with E-state index in [1.54, 1.807) is 0 Å². The van der Waals surface area contributed by atoms with Crippen LogP contribution in [-0.4, -0.2) is 22.3 Å². The third kappa shape index (κ3) is 3.40. The van der Waals surface area contributed by atoms with Crippen molar-refractivity contribution in [2.24, 2.45) is 0 Å². The maximum absolute atomic E-state index is 11.9. The number of rotatable bonds is 6. The predicted octanol–water partition coefficient (Wildman–Crippen LogP) is 1.62. The molecular formula is C11H14N4O5. The molecule has 20 heavy (non-hydrogen) atoms. The SMILES string of the molecule is CCCCNC(=O)c1cc([N+](=O)[O-])cc([N+](=O)[O-])c1N. The van der Waals surface area contributed by atoms with Gasteiger partial charge in [0.1, 0.15) is 5.69 Å². The van der Waals surface area contributed by atoms with E-state index in [1.165, 1.54) is 0 Å². The fourth-order valence-electron chi connectivity index (χ4n) is 1.54. The first-order chi connectivity index (χ1) is 9.38. The number of hydrogen-bond donors (Lipinski definition) is 2. The van der Waals surface area contributed by atoms with Gasteiger partial charge in [0.2, 0.25) is 0 Å². The largest absolute Gasteiger partial charge is 0.392 e. The van der Waals surface area contributed by atoms with Crippen LogP contribution < -0.4 is 11.1 Å². The minimum Gasteiger partial charge on any atom is -0.392 e. The molecule has 3 N–H and O–H groups in total. The Morgan fingerprint density at radius 1 is 1.30 bits per heavy atom. The number of nitrogens with one attached hydrogen (secondary N) is 1.